The van der Waals surface area contributed by atoms with Crippen molar-refractivity contribution < 1.29 is 9.84 Å². The van der Waals surface area contributed by atoms with E-state index < -0.39 is 0 Å². The summed E-state index contributed by atoms with van der Waals surface area (Å²) in [5.41, 5.74) is 0.422. The molecule has 140 valence electrons. The second kappa shape index (κ2) is 11.7. The van der Waals surface area contributed by atoms with Gasteiger partial charge in [-0.25, -0.2) is 0 Å². The van der Waals surface area contributed by atoms with Crippen molar-refractivity contribution in [2.24, 2.45) is 11.3 Å². The van der Waals surface area contributed by atoms with Crippen LogP contribution in [0.1, 0.15) is 73.1 Å². The van der Waals surface area contributed by atoms with E-state index in [1.165, 1.54) is 12.8 Å². The molecule has 4 heteroatoms. The minimum absolute atomic E-state index is 0. The first-order chi connectivity index (χ1) is 10.4. The fourth-order valence-corrected chi connectivity index (χ4v) is 3.62. The highest BCUT2D eigenvalue weighted by Gasteiger charge is 2.30. The fraction of sp³-hybridized carbons (Fsp3) is 1.00. The Morgan fingerprint density at radius 3 is 2.00 bits per heavy atom. The average molecular weight is 350 g/mol. The van der Waals surface area contributed by atoms with E-state index in [-0.39, 0.29) is 18.5 Å². The van der Waals surface area contributed by atoms with E-state index in [0.29, 0.717) is 18.1 Å². The third kappa shape index (κ3) is 9.28. The maximum absolute atomic E-state index is 10.2. The zero-order valence-electron chi connectivity index (χ0n) is 16.0. The van der Waals surface area contributed by atoms with Crippen LogP contribution in [-0.2, 0) is 4.74 Å². The van der Waals surface area contributed by atoms with Gasteiger partial charge in [0.25, 0.3) is 0 Å². The molecule has 1 rings (SSSR count). The molecule has 23 heavy (non-hydrogen) atoms. The first kappa shape index (κ1) is 23.2. The summed E-state index contributed by atoms with van der Waals surface area (Å²) in [6.45, 7) is 14.8. The number of hydrogen-bond donors (Lipinski definition) is 1. The van der Waals surface area contributed by atoms with Crippen LogP contribution in [0.5, 0.6) is 0 Å². The predicted molar refractivity (Wildman–Crippen MR) is 101 cm³/mol. The van der Waals surface area contributed by atoms with Crippen molar-refractivity contribution in [2.45, 2.75) is 85.4 Å². The summed E-state index contributed by atoms with van der Waals surface area (Å²) >= 11 is 0. The quantitative estimate of drug-likeness (QED) is 0.664. The van der Waals surface area contributed by atoms with E-state index >= 15 is 0 Å². The van der Waals surface area contributed by atoms with Gasteiger partial charge in [0.1, 0.15) is 0 Å². The molecule has 0 aromatic heterocycles. The summed E-state index contributed by atoms with van der Waals surface area (Å²) in [5, 5.41) is 10.2. The van der Waals surface area contributed by atoms with Crippen LogP contribution in [0.4, 0.5) is 0 Å². The fourth-order valence-electron chi connectivity index (χ4n) is 3.62. The molecule has 1 saturated carbocycles. The van der Waals surface area contributed by atoms with Crippen LogP contribution in [0, 0.1) is 11.3 Å². The number of ether oxygens (including phenoxy) is 1. The first-order valence-electron chi connectivity index (χ1n) is 9.38. The molecular weight excluding hydrogens is 310 g/mol. The van der Waals surface area contributed by atoms with Gasteiger partial charge in [0, 0.05) is 6.54 Å². The van der Waals surface area contributed by atoms with E-state index in [1.54, 1.807) is 0 Å². The van der Waals surface area contributed by atoms with Crippen molar-refractivity contribution in [3.63, 3.8) is 0 Å². The topological polar surface area (TPSA) is 32.7 Å². The molecule has 0 heterocycles. The molecule has 0 spiro atoms. The molecule has 0 bridgehead atoms. The summed E-state index contributed by atoms with van der Waals surface area (Å²) in [4.78, 5) is 2.35. The molecule has 3 nitrogen and oxygen atoms in total. The summed E-state index contributed by atoms with van der Waals surface area (Å²) in [6, 6.07) is 0. The van der Waals surface area contributed by atoms with Crippen molar-refractivity contribution >= 4 is 12.4 Å². The second-order valence-corrected chi connectivity index (χ2v) is 8.13. The van der Waals surface area contributed by atoms with Gasteiger partial charge in [-0.05, 0) is 62.9 Å². The number of nitrogens with zero attached hydrogens (tertiary/aromatic N) is 1. The Hall–Kier alpha value is 0.170. The third-order valence-electron chi connectivity index (χ3n) is 4.97. The smallest absolute Gasteiger partial charge is 0.0900 e. The lowest BCUT2D eigenvalue weighted by Gasteiger charge is -2.37. The van der Waals surface area contributed by atoms with Gasteiger partial charge in [0.05, 0.1) is 18.8 Å². The molecule has 1 unspecified atom stereocenters. The Morgan fingerprint density at radius 2 is 1.57 bits per heavy atom. The maximum atomic E-state index is 10.2. The molecule has 1 atom stereocenters. The molecule has 0 aliphatic heterocycles. The minimum atomic E-state index is -0.349. The lowest BCUT2D eigenvalue weighted by molar-refractivity contribution is -0.0443. The van der Waals surface area contributed by atoms with Crippen molar-refractivity contribution in [3.8, 4) is 0 Å². The van der Waals surface area contributed by atoms with Crippen LogP contribution in [0.3, 0.4) is 0 Å². The number of halogens is 1. The molecule has 0 aromatic rings. The molecule has 1 aliphatic carbocycles. The largest absolute Gasteiger partial charge is 0.389 e. The van der Waals surface area contributed by atoms with Crippen LogP contribution in [0.15, 0.2) is 0 Å². The van der Waals surface area contributed by atoms with Crippen molar-refractivity contribution in [3.05, 3.63) is 0 Å². The van der Waals surface area contributed by atoms with Gasteiger partial charge >= 0.3 is 0 Å². The van der Waals surface area contributed by atoms with Gasteiger partial charge in [0.15, 0.2) is 0 Å². The van der Waals surface area contributed by atoms with E-state index in [0.717, 1.165) is 51.2 Å². The number of hydrogen-bond acceptors (Lipinski definition) is 3. The zero-order valence-corrected chi connectivity index (χ0v) is 16.8. The van der Waals surface area contributed by atoms with Gasteiger partial charge in [-0.15, -0.1) is 12.4 Å². The monoisotopic (exact) mass is 349 g/mol. The Kier molecular flexibility index (Phi) is 11.8. The summed E-state index contributed by atoms with van der Waals surface area (Å²) in [5.74, 6) is 0.821. The molecule has 1 fully saturated rings. The van der Waals surface area contributed by atoms with E-state index in [4.69, 9.17) is 4.74 Å². The Balaban J connectivity index is 0.00000484. The van der Waals surface area contributed by atoms with Gasteiger partial charge in [0.2, 0.25) is 0 Å². The molecule has 0 saturated heterocycles. The Labute approximate surface area is 150 Å². The van der Waals surface area contributed by atoms with Gasteiger partial charge in [-0.3, -0.25) is 0 Å². The maximum Gasteiger partial charge on any atom is 0.0900 e. The predicted octanol–water partition coefficient (Wildman–Crippen LogP) is 4.51. The van der Waals surface area contributed by atoms with E-state index in [2.05, 4.69) is 39.5 Å². The standard InChI is InChI=1S/C19H39NO2.ClH/c1-6-12-20(13-7-2)14-17(21)15-22-18-10-8-16(9-11-18)19(3,4)5;/h16-18,21H,6-15H2,1-5H3;1H. The average Bonchev–Trinajstić information content (AvgIpc) is 2.45. The summed E-state index contributed by atoms with van der Waals surface area (Å²) in [6.07, 6.45) is 7.14. The van der Waals surface area contributed by atoms with Crippen LogP contribution in [0.2, 0.25) is 0 Å². The number of rotatable bonds is 9. The molecule has 0 aromatic carbocycles. The number of aliphatic hydroxyl groups is 1. The van der Waals surface area contributed by atoms with Crippen LogP contribution in [-0.4, -0.2) is 48.5 Å². The van der Waals surface area contributed by atoms with Crippen molar-refractivity contribution in [1.82, 2.24) is 4.90 Å². The van der Waals surface area contributed by atoms with Crippen LogP contribution >= 0.6 is 12.4 Å². The van der Waals surface area contributed by atoms with Gasteiger partial charge in [-0.2, -0.15) is 0 Å². The van der Waals surface area contributed by atoms with Gasteiger partial charge < -0.3 is 14.7 Å². The SMILES string of the molecule is CCCN(CCC)CC(O)COC1CCC(C(C)(C)C)CC1.Cl. The summed E-state index contributed by atoms with van der Waals surface area (Å²) < 4.78 is 5.99. The molecule has 0 radical (unpaired) electrons. The summed E-state index contributed by atoms with van der Waals surface area (Å²) in [7, 11) is 0. The molecule has 1 aliphatic rings. The van der Waals surface area contributed by atoms with Crippen LogP contribution < -0.4 is 0 Å². The number of aliphatic hydroxyl groups excluding tert-OH is 1. The first-order valence-corrected chi connectivity index (χ1v) is 9.38. The van der Waals surface area contributed by atoms with Crippen molar-refractivity contribution in [2.75, 3.05) is 26.2 Å². The highest BCUT2D eigenvalue weighted by molar-refractivity contribution is 5.85. The van der Waals surface area contributed by atoms with Crippen molar-refractivity contribution in [1.29, 1.82) is 0 Å². The second-order valence-electron chi connectivity index (χ2n) is 8.13. The van der Waals surface area contributed by atoms with E-state index in [9.17, 15) is 5.11 Å². The minimum Gasteiger partial charge on any atom is -0.389 e. The van der Waals surface area contributed by atoms with Crippen LogP contribution in [0.25, 0.3) is 0 Å². The normalized spacial score (nSPS) is 23.6. The molecular formula is C19H40ClNO2. The highest BCUT2D eigenvalue weighted by Crippen LogP contribution is 2.38. The molecule has 1 N–H and O–H groups in total. The lowest BCUT2D eigenvalue weighted by Crippen LogP contribution is -2.37. The molecule has 0 amide bonds. The lowest BCUT2D eigenvalue weighted by atomic mass is 9.72. The Bertz CT molecular complexity index is 280. The highest BCUT2D eigenvalue weighted by atomic mass is 35.5. The van der Waals surface area contributed by atoms with Gasteiger partial charge in [-0.1, -0.05) is 34.6 Å². The third-order valence-corrected chi connectivity index (χ3v) is 4.97. The Morgan fingerprint density at radius 1 is 1.04 bits per heavy atom. The van der Waals surface area contributed by atoms with E-state index in [1.807, 2.05) is 0 Å². The zero-order chi connectivity index (χ0) is 16.6.